The molecule has 10 nitrogen and oxygen atoms in total. The molecule has 12 heteroatoms. The highest BCUT2D eigenvalue weighted by atomic mass is 32.2. The van der Waals surface area contributed by atoms with E-state index in [1.807, 2.05) is 12.1 Å². The van der Waals surface area contributed by atoms with E-state index in [4.69, 9.17) is 10.5 Å². The lowest BCUT2D eigenvalue weighted by molar-refractivity contribution is -0.116. The van der Waals surface area contributed by atoms with E-state index in [9.17, 15) is 20.1 Å². The Kier molecular flexibility index (Phi) is 7.82. The molecule has 2 aromatic carbocycles. The van der Waals surface area contributed by atoms with Crippen molar-refractivity contribution in [3.05, 3.63) is 82.3 Å². The molecule has 3 N–H and O–H groups in total. The first-order valence-electron chi connectivity index (χ1n) is 12.3. The molecule has 0 fully saturated rings. The number of nitrogens with two attached hydrogens (primary N) is 1. The molecular weight excluding hydrogens is 546 g/mol. The summed E-state index contributed by atoms with van der Waals surface area (Å²) in [6.45, 7) is 0. The average molecular weight is 570 g/mol. The Morgan fingerprint density at radius 2 is 1.95 bits per heavy atom. The number of rotatable bonds is 7. The fourth-order valence-corrected chi connectivity index (χ4v) is 6.47. The number of amides is 1. The number of hydrogen-bond acceptors (Lipinski definition) is 11. The fourth-order valence-electron chi connectivity index (χ4n) is 4.79. The summed E-state index contributed by atoms with van der Waals surface area (Å²) < 4.78 is 5.79. The molecule has 0 spiro atoms. The number of benzene rings is 2. The van der Waals surface area contributed by atoms with Crippen molar-refractivity contribution in [2.24, 2.45) is 5.73 Å². The second kappa shape index (κ2) is 11.6. The zero-order chi connectivity index (χ0) is 28.2. The van der Waals surface area contributed by atoms with Gasteiger partial charge in [-0.15, -0.1) is 10.2 Å². The van der Waals surface area contributed by atoms with Gasteiger partial charge in [-0.2, -0.15) is 10.5 Å². The van der Waals surface area contributed by atoms with Gasteiger partial charge in [0.2, 0.25) is 11.0 Å². The number of hydrogen-bond donors (Lipinski definition) is 2. The molecule has 200 valence electrons. The van der Waals surface area contributed by atoms with Crippen LogP contribution in [0.25, 0.3) is 0 Å². The van der Waals surface area contributed by atoms with Crippen LogP contribution < -0.4 is 20.7 Å². The summed E-state index contributed by atoms with van der Waals surface area (Å²) in [5.74, 6) is 0.0176. The number of methoxy groups -OCH3 is 1. The first kappa shape index (κ1) is 26.9. The van der Waals surface area contributed by atoms with Gasteiger partial charge in [-0.05, 0) is 42.7 Å². The largest absolute Gasteiger partial charge is 0.497 e. The number of thioether (sulfide) groups is 1. The van der Waals surface area contributed by atoms with E-state index in [-0.39, 0.29) is 28.8 Å². The van der Waals surface area contributed by atoms with Crippen molar-refractivity contribution in [2.75, 3.05) is 23.1 Å². The molecule has 0 radical (unpaired) electrons. The molecule has 1 aliphatic heterocycles. The van der Waals surface area contributed by atoms with Crippen LogP contribution in [0.4, 0.5) is 10.8 Å². The van der Waals surface area contributed by atoms with Gasteiger partial charge >= 0.3 is 0 Å². The first-order valence-corrected chi connectivity index (χ1v) is 14.1. The van der Waals surface area contributed by atoms with Gasteiger partial charge in [0, 0.05) is 17.7 Å². The Morgan fingerprint density at radius 1 is 1.18 bits per heavy atom. The first-order chi connectivity index (χ1) is 19.4. The summed E-state index contributed by atoms with van der Waals surface area (Å²) in [6, 6.07) is 18.3. The summed E-state index contributed by atoms with van der Waals surface area (Å²) in [5, 5.41) is 31.1. The zero-order valence-electron chi connectivity index (χ0n) is 21.4. The van der Waals surface area contributed by atoms with Crippen LogP contribution in [-0.2, 0) is 9.59 Å². The maximum atomic E-state index is 13.3. The molecule has 1 unspecified atom stereocenters. The van der Waals surface area contributed by atoms with Gasteiger partial charge in [0.25, 0.3) is 0 Å². The van der Waals surface area contributed by atoms with Crippen LogP contribution in [0.2, 0.25) is 0 Å². The quantitative estimate of drug-likeness (QED) is 0.389. The monoisotopic (exact) mass is 569 g/mol. The predicted molar refractivity (Wildman–Crippen MR) is 151 cm³/mol. The highest BCUT2D eigenvalue weighted by molar-refractivity contribution is 8.01. The van der Waals surface area contributed by atoms with E-state index >= 15 is 0 Å². The number of allylic oxidation sites excluding steroid dienone is 3. The number of ketones is 1. The number of nitriles is 2. The van der Waals surface area contributed by atoms with Crippen LogP contribution in [0.3, 0.4) is 0 Å². The van der Waals surface area contributed by atoms with Crippen LogP contribution >= 0.6 is 23.1 Å². The summed E-state index contributed by atoms with van der Waals surface area (Å²) in [4.78, 5) is 27.5. The molecule has 1 aromatic heterocycles. The Hall–Kier alpha value is -4.65. The highest BCUT2D eigenvalue weighted by Gasteiger charge is 2.41. The van der Waals surface area contributed by atoms with Gasteiger partial charge in [-0.3, -0.25) is 14.5 Å². The van der Waals surface area contributed by atoms with Gasteiger partial charge in [0.1, 0.15) is 17.6 Å². The van der Waals surface area contributed by atoms with Crippen LogP contribution in [0.15, 0.2) is 75.5 Å². The van der Waals surface area contributed by atoms with E-state index in [0.717, 1.165) is 5.56 Å². The fraction of sp³-hybridized carbons (Fsp3) is 0.214. The van der Waals surface area contributed by atoms with Crippen molar-refractivity contribution in [3.8, 4) is 17.9 Å². The number of carbonyl (C=O) groups excluding carboxylic acids is 2. The van der Waals surface area contributed by atoms with Gasteiger partial charge in [0.05, 0.1) is 41.7 Å². The molecule has 0 saturated heterocycles. The number of ether oxygens (including phenoxy) is 1. The van der Waals surface area contributed by atoms with Crippen molar-refractivity contribution in [1.82, 2.24) is 10.2 Å². The van der Waals surface area contributed by atoms with E-state index in [2.05, 4.69) is 27.7 Å². The third-order valence-electron chi connectivity index (χ3n) is 6.60. The standard InChI is InChI=1S/C28H23N7O3S2/c1-38-18-11-9-16(10-12-18)24-19(14-30)26(31)35(21-7-4-8-22(36)25(21)24)27-33-34-28(40-27)39-15-23(37)32-20-6-3-2-5-17(20)13-29/h2-3,5-6,9-12,24H,4,7-8,15,31H2,1H3,(H,32,37). The molecule has 1 aliphatic carbocycles. The van der Waals surface area contributed by atoms with Crippen molar-refractivity contribution in [1.29, 1.82) is 10.5 Å². The normalized spacial score (nSPS) is 16.7. The molecule has 40 heavy (non-hydrogen) atoms. The van der Waals surface area contributed by atoms with Crippen molar-refractivity contribution in [3.63, 3.8) is 0 Å². The van der Waals surface area contributed by atoms with Crippen LogP contribution in [0.5, 0.6) is 5.75 Å². The van der Waals surface area contributed by atoms with Gasteiger partial charge < -0.3 is 15.8 Å². The maximum absolute atomic E-state index is 13.3. The second-order valence-corrected chi connectivity index (χ2v) is 11.1. The van der Waals surface area contributed by atoms with E-state index in [1.54, 1.807) is 48.4 Å². The molecule has 2 aliphatic rings. The summed E-state index contributed by atoms with van der Waals surface area (Å²) >= 11 is 2.41. The number of para-hydroxylation sites is 1. The molecule has 5 rings (SSSR count). The van der Waals surface area contributed by atoms with Gasteiger partial charge in [0.15, 0.2) is 10.1 Å². The lowest BCUT2D eigenvalue weighted by Crippen LogP contribution is -2.38. The molecule has 3 aromatic rings. The van der Waals surface area contributed by atoms with Crippen molar-refractivity contribution in [2.45, 2.75) is 29.5 Å². The Bertz CT molecular complexity index is 1630. The summed E-state index contributed by atoms with van der Waals surface area (Å²) in [5.41, 5.74) is 9.72. The zero-order valence-corrected chi connectivity index (χ0v) is 23.0. The SMILES string of the molecule is COc1ccc(C2C(C#N)=C(N)N(c3nnc(SCC(=O)Nc4ccccc4C#N)s3)C3=C2C(=O)CCC3)cc1. The van der Waals surface area contributed by atoms with Gasteiger partial charge in [-0.25, -0.2) is 0 Å². The molecular formula is C28H23N7O3S2. The molecule has 1 atom stereocenters. The predicted octanol–water partition coefficient (Wildman–Crippen LogP) is 4.45. The number of nitrogens with one attached hydrogen (secondary N) is 1. The topological polar surface area (TPSA) is 158 Å². The molecule has 2 heterocycles. The number of nitrogens with zero attached hydrogens (tertiary/aromatic N) is 5. The Morgan fingerprint density at radius 3 is 2.67 bits per heavy atom. The number of anilines is 2. The average Bonchev–Trinajstić information content (AvgIpc) is 3.44. The van der Waals surface area contributed by atoms with E-state index < -0.39 is 5.92 Å². The highest BCUT2D eigenvalue weighted by Crippen LogP contribution is 2.47. The number of Topliss-reactive ketones (excluding diaryl/α,β-unsaturated/α-hetero) is 1. The van der Waals surface area contributed by atoms with Crippen molar-refractivity contribution < 1.29 is 14.3 Å². The van der Waals surface area contributed by atoms with Crippen molar-refractivity contribution >= 4 is 45.6 Å². The minimum Gasteiger partial charge on any atom is -0.497 e. The second-order valence-electron chi connectivity index (χ2n) is 8.93. The van der Waals surface area contributed by atoms with E-state index in [1.165, 1.54) is 23.1 Å². The molecule has 0 saturated carbocycles. The maximum Gasteiger partial charge on any atom is 0.234 e. The van der Waals surface area contributed by atoms with Gasteiger partial charge in [-0.1, -0.05) is 47.4 Å². The lowest BCUT2D eigenvalue weighted by atomic mass is 9.76. The molecule has 0 bridgehead atoms. The third-order valence-corrected chi connectivity index (χ3v) is 8.64. The number of aromatic nitrogens is 2. The smallest absolute Gasteiger partial charge is 0.234 e. The summed E-state index contributed by atoms with van der Waals surface area (Å²) in [7, 11) is 1.58. The Labute approximate surface area is 238 Å². The van der Waals surface area contributed by atoms with Crippen LogP contribution in [0.1, 0.15) is 36.3 Å². The van der Waals surface area contributed by atoms with Crippen LogP contribution in [0, 0.1) is 22.7 Å². The minimum atomic E-state index is -0.586. The van der Waals surface area contributed by atoms with Crippen LogP contribution in [-0.4, -0.2) is 34.8 Å². The third kappa shape index (κ3) is 5.15. The number of carbonyl (C=O) groups is 2. The molecule has 1 amide bonds. The lowest BCUT2D eigenvalue weighted by Gasteiger charge is -2.38. The Balaban J connectivity index is 1.41. The van der Waals surface area contributed by atoms with E-state index in [0.29, 0.717) is 57.0 Å². The minimum absolute atomic E-state index is 0.0271. The summed E-state index contributed by atoms with van der Waals surface area (Å²) in [6.07, 6.45) is 1.64.